The van der Waals surface area contributed by atoms with Crippen LogP contribution in [-0.4, -0.2) is 38.8 Å². The Hall–Kier alpha value is -0.926. The Morgan fingerprint density at radius 3 is 1.59 bits per heavy atom. The molecule has 0 aliphatic heterocycles. The third-order valence-corrected chi connectivity index (χ3v) is 10.4. The smallest absolute Gasteiger partial charge is 0.332 e. The number of rotatable bonds is 8. The van der Waals surface area contributed by atoms with Crippen LogP contribution in [0.5, 0.6) is 0 Å². The van der Waals surface area contributed by atoms with Gasteiger partial charge >= 0.3 is 11.9 Å². The largest absolute Gasteiger partial charge is 0.478 e. The van der Waals surface area contributed by atoms with E-state index in [0.717, 1.165) is 0 Å². The topological polar surface area (TPSA) is 83.8 Å². The van der Waals surface area contributed by atoms with Crippen molar-refractivity contribution in [3.8, 4) is 0 Å². The van der Waals surface area contributed by atoms with Crippen LogP contribution in [0.25, 0.3) is 0 Å². The van der Waals surface area contributed by atoms with E-state index in [1.165, 1.54) is 0 Å². The highest BCUT2D eigenvalue weighted by atomic mass is 28.4. The van der Waals surface area contributed by atoms with Crippen molar-refractivity contribution < 1.29 is 23.9 Å². The van der Waals surface area contributed by atoms with Crippen LogP contribution in [0.3, 0.4) is 0 Å². The Morgan fingerprint density at radius 2 is 1.36 bits per heavy atom. The van der Waals surface area contributed by atoms with Crippen LogP contribution in [0.15, 0.2) is 11.1 Å². The summed E-state index contributed by atoms with van der Waals surface area (Å²) in [6.07, 6.45) is 0.564. The average molecular weight is 347 g/mol. The molecule has 0 radical (unpaired) electrons. The molecule has 0 aromatic heterocycles. The Balaban J connectivity index is 6.17. The van der Waals surface area contributed by atoms with Gasteiger partial charge in [-0.2, -0.15) is 0 Å². The molecule has 0 saturated heterocycles. The molecular weight excluding hydrogens is 316 g/mol. The zero-order chi connectivity index (χ0) is 17.9. The third kappa shape index (κ3) is 5.70. The molecule has 2 N–H and O–H groups in total. The van der Waals surface area contributed by atoms with Crippen molar-refractivity contribution in [3.63, 3.8) is 0 Å². The summed E-state index contributed by atoms with van der Waals surface area (Å²) in [6, 6.07) is 0. The zero-order valence-corrected chi connectivity index (χ0v) is 17.0. The minimum absolute atomic E-state index is 0.000833. The molecule has 0 aliphatic carbocycles. The van der Waals surface area contributed by atoms with Crippen LogP contribution in [0, 0.1) is 5.92 Å². The standard InChI is InChI=1S/C15H30O5Si2/c1-9-11(22(7,8)20-21(4,5)6)13(15(18)19)12(10(2)3)14(16)17/h10-11H,9H2,1-8H3,(H,16,17)(H,18,19)/b13-12+. The van der Waals surface area contributed by atoms with Gasteiger partial charge in [0.25, 0.3) is 0 Å². The molecule has 0 amide bonds. The van der Waals surface area contributed by atoms with Crippen molar-refractivity contribution in [2.75, 3.05) is 0 Å². The first kappa shape index (κ1) is 21.1. The van der Waals surface area contributed by atoms with Gasteiger partial charge in [-0.3, -0.25) is 0 Å². The van der Waals surface area contributed by atoms with Crippen LogP contribution < -0.4 is 0 Å². The van der Waals surface area contributed by atoms with Crippen molar-refractivity contribution >= 4 is 28.6 Å². The molecule has 0 fully saturated rings. The van der Waals surface area contributed by atoms with E-state index in [-0.39, 0.29) is 22.6 Å². The number of hydrogen-bond acceptors (Lipinski definition) is 3. The molecule has 0 bridgehead atoms. The summed E-state index contributed by atoms with van der Waals surface area (Å²) in [4.78, 5) is 23.4. The number of carboxylic acids is 2. The van der Waals surface area contributed by atoms with Gasteiger partial charge in [-0.05, 0) is 45.1 Å². The molecular formula is C15H30O5Si2. The van der Waals surface area contributed by atoms with E-state index in [1.54, 1.807) is 13.8 Å². The molecule has 5 nitrogen and oxygen atoms in total. The van der Waals surface area contributed by atoms with Gasteiger partial charge in [0.2, 0.25) is 0 Å². The maximum absolute atomic E-state index is 11.8. The maximum Gasteiger partial charge on any atom is 0.332 e. The average Bonchev–Trinajstić information content (AvgIpc) is 2.23. The molecule has 128 valence electrons. The molecule has 0 saturated carbocycles. The van der Waals surface area contributed by atoms with E-state index in [4.69, 9.17) is 4.12 Å². The summed E-state index contributed by atoms with van der Waals surface area (Å²) in [6.45, 7) is 15.5. The highest BCUT2D eigenvalue weighted by Gasteiger charge is 2.42. The summed E-state index contributed by atoms with van der Waals surface area (Å²) in [5.41, 5.74) is -0.316. The normalized spacial score (nSPS) is 15.5. The van der Waals surface area contributed by atoms with Crippen molar-refractivity contribution in [3.05, 3.63) is 11.1 Å². The highest BCUT2D eigenvalue weighted by molar-refractivity contribution is 6.85. The second-order valence-corrected chi connectivity index (χ2v) is 16.3. The summed E-state index contributed by atoms with van der Waals surface area (Å²) < 4.78 is 6.31. The lowest BCUT2D eigenvalue weighted by Gasteiger charge is -2.38. The minimum Gasteiger partial charge on any atom is -0.478 e. The van der Waals surface area contributed by atoms with Gasteiger partial charge in [0, 0.05) is 11.1 Å². The number of carbonyl (C=O) groups is 2. The van der Waals surface area contributed by atoms with Crippen molar-refractivity contribution in [2.24, 2.45) is 5.92 Å². The number of aliphatic carboxylic acids is 2. The van der Waals surface area contributed by atoms with Crippen LogP contribution in [-0.2, 0) is 13.7 Å². The van der Waals surface area contributed by atoms with Gasteiger partial charge in [0.05, 0.1) is 5.57 Å². The molecule has 7 heteroatoms. The lowest BCUT2D eigenvalue weighted by atomic mass is 9.94. The molecule has 0 heterocycles. The minimum atomic E-state index is -2.39. The first-order valence-electron chi connectivity index (χ1n) is 7.65. The van der Waals surface area contributed by atoms with Crippen LogP contribution in [0.4, 0.5) is 0 Å². The fourth-order valence-corrected chi connectivity index (χ4v) is 11.9. The second kappa shape index (κ2) is 7.56. The van der Waals surface area contributed by atoms with E-state index in [1.807, 2.05) is 20.0 Å². The molecule has 0 aromatic carbocycles. The third-order valence-electron chi connectivity index (χ3n) is 3.49. The monoisotopic (exact) mass is 346 g/mol. The van der Waals surface area contributed by atoms with Gasteiger partial charge < -0.3 is 14.3 Å². The zero-order valence-electron chi connectivity index (χ0n) is 15.0. The molecule has 1 atom stereocenters. The van der Waals surface area contributed by atoms with Crippen molar-refractivity contribution in [1.29, 1.82) is 0 Å². The van der Waals surface area contributed by atoms with Crippen LogP contribution in [0.2, 0.25) is 38.3 Å². The van der Waals surface area contributed by atoms with E-state index >= 15 is 0 Å². The molecule has 0 spiro atoms. The predicted octanol–water partition coefficient (Wildman–Crippen LogP) is 3.95. The fourth-order valence-electron chi connectivity index (χ4n) is 3.03. The van der Waals surface area contributed by atoms with E-state index in [0.29, 0.717) is 6.42 Å². The molecule has 0 rings (SSSR count). The van der Waals surface area contributed by atoms with Gasteiger partial charge in [-0.25, -0.2) is 9.59 Å². The predicted molar refractivity (Wildman–Crippen MR) is 93.1 cm³/mol. The first-order valence-corrected chi connectivity index (χ1v) is 14.0. The highest BCUT2D eigenvalue weighted by Crippen LogP contribution is 2.38. The molecule has 22 heavy (non-hydrogen) atoms. The summed E-state index contributed by atoms with van der Waals surface area (Å²) in [7, 11) is -4.23. The first-order chi connectivity index (χ1) is 9.74. The summed E-state index contributed by atoms with van der Waals surface area (Å²) >= 11 is 0. The van der Waals surface area contributed by atoms with Crippen molar-refractivity contribution in [1.82, 2.24) is 0 Å². The van der Waals surface area contributed by atoms with Crippen molar-refractivity contribution in [2.45, 2.75) is 65.5 Å². The number of hydrogen-bond donors (Lipinski definition) is 2. The Morgan fingerprint density at radius 1 is 0.955 bits per heavy atom. The SMILES string of the molecule is CCC(/C(C(=O)O)=C(\C(=O)O)C(C)C)[Si](C)(C)O[Si](C)(C)C. The summed E-state index contributed by atoms with van der Waals surface area (Å²) in [5, 5.41) is 19.1. The van der Waals surface area contributed by atoms with Gasteiger partial charge in [0.1, 0.15) is 0 Å². The number of carboxylic acid groups (broad SMARTS) is 2. The van der Waals surface area contributed by atoms with E-state index in [9.17, 15) is 19.8 Å². The van der Waals surface area contributed by atoms with Crippen LogP contribution in [0.1, 0.15) is 27.2 Å². The molecule has 1 unspecified atom stereocenters. The fraction of sp³-hybridized carbons (Fsp3) is 0.733. The van der Waals surface area contributed by atoms with Crippen LogP contribution >= 0.6 is 0 Å². The maximum atomic E-state index is 11.8. The van der Waals surface area contributed by atoms with E-state index < -0.39 is 28.6 Å². The lowest BCUT2D eigenvalue weighted by Crippen LogP contribution is -2.47. The Kier molecular flexibility index (Phi) is 7.24. The second-order valence-electron chi connectivity index (χ2n) is 7.37. The Labute approximate surface area is 135 Å². The Bertz CT molecular complexity index is 461. The quantitative estimate of drug-likeness (QED) is 0.513. The molecule has 0 aliphatic rings. The van der Waals surface area contributed by atoms with E-state index in [2.05, 4.69) is 19.6 Å². The van der Waals surface area contributed by atoms with Gasteiger partial charge in [0.15, 0.2) is 16.6 Å². The lowest BCUT2D eigenvalue weighted by molar-refractivity contribution is -0.136. The van der Waals surface area contributed by atoms with Gasteiger partial charge in [-0.1, -0.05) is 20.8 Å². The summed E-state index contributed by atoms with van der Waals surface area (Å²) in [5.74, 6) is -2.64. The van der Waals surface area contributed by atoms with Gasteiger partial charge in [-0.15, -0.1) is 0 Å². The molecule has 0 aromatic rings.